The Morgan fingerprint density at radius 2 is 2.25 bits per heavy atom. The second-order valence-corrected chi connectivity index (χ2v) is 5.49. The van der Waals surface area contributed by atoms with Gasteiger partial charge in [0, 0.05) is 25.0 Å². The molecule has 1 amide bonds. The number of hydrazone groups is 1. The van der Waals surface area contributed by atoms with Crippen LogP contribution >= 0.6 is 0 Å². The number of nitriles is 1. The van der Waals surface area contributed by atoms with E-state index in [9.17, 15) is 4.79 Å². The molecule has 0 aliphatic carbocycles. The van der Waals surface area contributed by atoms with Gasteiger partial charge in [-0.2, -0.15) is 15.4 Å². The molecule has 0 N–H and O–H groups in total. The minimum absolute atomic E-state index is 0.273. The predicted molar refractivity (Wildman–Crippen MR) is 72.9 cm³/mol. The first kappa shape index (κ1) is 14.0. The maximum Gasteiger partial charge on any atom is 0.431 e. The standard InChI is InChI=1S/C14H16N4O2/c1-14(2,3)20-13(19)18-12(4-5-17-18)11-6-10(7-15)8-16-9-11/h5-6,8-9,12H,4H2,1-3H3. The lowest BCUT2D eigenvalue weighted by Crippen LogP contribution is -2.34. The lowest BCUT2D eigenvalue weighted by Gasteiger charge is -2.26. The van der Waals surface area contributed by atoms with E-state index in [1.807, 2.05) is 6.07 Å². The Bertz CT molecular complexity index is 584. The molecule has 0 saturated carbocycles. The van der Waals surface area contributed by atoms with Crippen LogP contribution in [0.15, 0.2) is 23.6 Å². The summed E-state index contributed by atoms with van der Waals surface area (Å²) in [6.07, 6.45) is 4.86. The Balaban J connectivity index is 2.20. The summed E-state index contributed by atoms with van der Waals surface area (Å²) in [5.41, 5.74) is 0.651. The van der Waals surface area contributed by atoms with Crippen LogP contribution in [-0.2, 0) is 4.74 Å². The van der Waals surface area contributed by atoms with Gasteiger partial charge in [0.1, 0.15) is 11.7 Å². The third-order valence-corrected chi connectivity index (χ3v) is 2.68. The zero-order chi connectivity index (χ0) is 14.8. The zero-order valence-corrected chi connectivity index (χ0v) is 11.7. The van der Waals surface area contributed by atoms with E-state index < -0.39 is 11.7 Å². The fourth-order valence-corrected chi connectivity index (χ4v) is 1.88. The zero-order valence-electron chi connectivity index (χ0n) is 11.7. The van der Waals surface area contributed by atoms with Crippen molar-refractivity contribution in [3.8, 4) is 6.07 Å². The summed E-state index contributed by atoms with van der Waals surface area (Å²) in [7, 11) is 0. The number of amides is 1. The number of pyridine rings is 1. The molecule has 1 aromatic heterocycles. The van der Waals surface area contributed by atoms with Crippen LogP contribution in [0.25, 0.3) is 0 Å². The number of carbonyl (C=O) groups excluding carboxylic acids is 1. The minimum Gasteiger partial charge on any atom is -0.442 e. The van der Waals surface area contributed by atoms with Crippen molar-refractivity contribution in [1.82, 2.24) is 9.99 Å². The molecule has 0 fully saturated rings. The molecule has 6 heteroatoms. The van der Waals surface area contributed by atoms with E-state index in [0.717, 1.165) is 5.56 Å². The Morgan fingerprint density at radius 1 is 1.50 bits per heavy atom. The van der Waals surface area contributed by atoms with Gasteiger partial charge in [-0.15, -0.1) is 0 Å². The topological polar surface area (TPSA) is 78.6 Å². The first-order valence-electron chi connectivity index (χ1n) is 6.30. The maximum absolute atomic E-state index is 12.1. The van der Waals surface area contributed by atoms with Crippen LogP contribution in [0, 0.1) is 11.3 Å². The smallest absolute Gasteiger partial charge is 0.431 e. The minimum atomic E-state index is -0.577. The Kier molecular flexibility index (Phi) is 3.70. The van der Waals surface area contributed by atoms with Gasteiger partial charge < -0.3 is 4.74 Å². The monoisotopic (exact) mass is 272 g/mol. The number of carbonyl (C=O) groups is 1. The normalized spacial score (nSPS) is 17.9. The first-order chi connectivity index (χ1) is 9.40. The molecule has 0 saturated heterocycles. The van der Waals surface area contributed by atoms with Crippen molar-refractivity contribution in [3.63, 3.8) is 0 Å². The van der Waals surface area contributed by atoms with Crippen molar-refractivity contribution >= 4 is 12.3 Å². The van der Waals surface area contributed by atoms with Gasteiger partial charge in [0.15, 0.2) is 0 Å². The summed E-state index contributed by atoms with van der Waals surface area (Å²) in [4.78, 5) is 16.1. The lowest BCUT2D eigenvalue weighted by molar-refractivity contribution is 0.0195. The Morgan fingerprint density at radius 3 is 2.90 bits per heavy atom. The lowest BCUT2D eigenvalue weighted by atomic mass is 10.1. The fraction of sp³-hybridized carbons (Fsp3) is 0.429. The van der Waals surface area contributed by atoms with Crippen molar-refractivity contribution < 1.29 is 9.53 Å². The molecular weight excluding hydrogens is 256 g/mol. The highest BCUT2D eigenvalue weighted by Crippen LogP contribution is 2.29. The van der Waals surface area contributed by atoms with Crippen LogP contribution in [0.2, 0.25) is 0 Å². The fourth-order valence-electron chi connectivity index (χ4n) is 1.88. The molecule has 2 heterocycles. The molecule has 1 atom stereocenters. The van der Waals surface area contributed by atoms with E-state index in [0.29, 0.717) is 12.0 Å². The van der Waals surface area contributed by atoms with E-state index in [1.165, 1.54) is 11.2 Å². The van der Waals surface area contributed by atoms with Crippen LogP contribution < -0.4 is 0 Å². The highest BCUT2D eigenvalue weighted by Gasteiger charge is 2.32. The van der Waals surface area contributed by atoms with Gasteiger partial charge in [0.25, 0.3) is 0 Å². The van der Waals surface area contributed by atoms with Gasteiger partial charge in [-0.05, 0) is 32.4 Å². The van der Waals surface area contributed by atoms with E-state index in [4.69, 9.17) is 10.00 Å². The highest BCUT2D eigenvalue weighted by atomic mass is 16.6. The average molecular weight is 272 g/mol. The highest BCUT2D eigenvalue weighted by molar-refractivity contribution is 5.74. The molecule has 2 rings (SSSR count). The third kappa shape index (κ3) is 3.12. The summed E-state index contributed by atoms with van der Waals surface area (Å²) in [5, 5.41) is 14.3. The van der Waals surface area contributed by atoms with Crippen LogP contribution in [0.3, 0.4) is 0 Å². The maximum atomic E-state index is 12.1. The molecule has 1 aromatic rings. The summed E-state index contributed by atoms with van der Waals surface area (Å²) >= 11 is 0. The number of nitrogens with zero attached hydrogens (tertiary/aromatic N) is 4. The van der Waals surface area contributed by atoms with Crippen LogP contribution in [0.4, 0.5) is 4.79 Å². The van der Waals surface area contributed by atoms with Gasteiger partial charge in [0.05, 0.1) is 11.6 Å². The molecule has 0 radical (unpaired) electrons. The predicted octanol–water partition coefficient (Wildman–Crippen LogP) is 2.62. The number of hydrogen-bond donors (Lipinski definition) is 0. The first-order valence-corrected chi connectivity index (χ1v) is 6.30. The Labute approximate surface area is 117 Å². The quantitative estimate of drug-likeness (QED) is 0.787. The summed E-state index contributed by atoms with van der Waals surface area (Å²) in [5.74, 6) is 0. The molecule has 6 nitrogen and oxygen atoms in total. The van der Waals surface area contributed by atoms with Crippen LogP contribution in [-0.4, -0.2) is 27.9 Å². The van der Waals surface area contributed by atoms with Crippen molar-refractivity contribution in [2.24, 2.45) is 5.10 Å². The third-order valence-electron chi connectivity index (χ3n) is 2.68. The van der Waals surface area contributed by atoms with E-state index in [-0.39, 0.29) is 6.04 Å². The number of ether oxygens (including phenoxy) is 1. The van der Waals surface area contributed by atoms with Crippen molar-refractivity contribution in [3.05, 3.63) is 29.6 Å². The van der Waals surface area contributed by atoms with Crippen molar-refractivity contribution in [2.45, 2.75) is 38.8 Å². The average Bonchev–Trinajstić information content (AvgIpc) is 2.86. The van der Waals surface area contributed by atoms with E-state index in [2.05, 4.69) is 10.1 Å². The second-order valence-electron chi connectivity index (χ2n) is 5.49. The molecule has 1 aliphatic rings. The van der Waals surface area contributed by atoms with Gasteiger partial charge in [-0.3, -0.25) is 4.98 Å². The summed E-state index contributed by atoms with van der Waals surface area (Å²) < 4.78 is 5.32. The van der Waals surface area contributed by atoms with Crippen LogP contribution in [0.1, 0.15) is 44.4 Å². The largest absolute Gasteiger partial charge is 0.442 e. The molecule has 0 bridgehead atoms. The summed E-state index contributed by atoms with van der Waals surface area (Å²) in [6, 6.07) is 3.47. The molecule has 104 valence electrons. The van der Waals surface area contributed by atoms with Gasteiger partial charge in [0.2, 0.25) is 0 Å². The number of aromatic nitrogens is 1. The number of hydrogen-bond acceptors (Lipinski definition) is 5. The van der Waals surface area contributed by atoms with Crippen LogP contribution in [0.5, 0.6) is 0 Å². The Hall–Kier alpha value is -2.42. The number of rotatable bonds is 1. The van der Waals surface area contributed by atoms with Gasteiger partial charge >= 0.3 is 6.09 Å². The molecule has 1 unspecified atom stereocenters. The van der Waals surface area contributed by atoms with Gasteiger partial charge in [-0.1, -0.05) is 0 Å². The van der Waals surface area contributed by atoms with Gasteiger partial charge in [-0.25, -0.2) is 4.79 Å². The SMILES string of the molecule is CC(C)(C)OC(=O)N1N=CCC1c1cncc(C#N)c1. The van der Waals surface area contributed by atoms with Crippen molar-refractivity contribution in [2.75, 3.05) is 0 Å². The van der Waals surface area contributed by atoms with E-state index >= 15 is 0 Å². The van der Waals surface area contributed by atoms with E-state index in [1.54, 1.807) is 39.2 Å². The second kappa shape index (κ2) is 5.29. The molecule has 0 spiro atoms. The molecule has 0 aromatic carbocycles. The molecule has 1 aliphatic heterocycles. The van der Waals surface area contributed by atoms with Crippen molar-refractivity contribution in [1.29, 1.82) is 5.26 Å². The summed E-state index contributed by atoms with van der Waals surface area (Å²) in [6.45, 7) is 5.41. The molecule has 20 heavy (non-hydrogen) atoms. The molecular formula is C14H16N4O2.